The van der Waals surface area contributed by atoms with Crippen LogP contribution < -0.4 is 0 Å². The predicted octanol–water partition coefficient (Wildman–Crippen LogP) is 2.86. The molecule has 1 atom stereocenters. The van der Waals surface area contributed by atoms with Crippen molar-refractivity contribution in [2.75, 3.05) is 13.2 Å². The first-order valence-corrected chi connectivity index (χ1v) is 7.76. The third-order valence-electron chi connectivity index (χ3n) is 4.15. The van der Waals surface area contributed by atoms with Gasteiger partial charge >= 0.3 is 5.97 Å². The molecule has 4 nitrogen and oxygen atoms in total. The number of hydrogen-bond acceptors (Lipinski definition) is 4. The first-order valence-electron chi connectivity index (χ1n) is 6.88. The molecule has 0 aliphatic carbocycles. The summed E-state index contributed by atoms with van der Waals surface area (Å²) in [5.74, 6) is -0.222. The second-order valence-electron chi connectivity index (χ2n) is 5.15. The maximum Gasteiger partial charge on any atom is 0.315 e. The van der Waals surface area contributed by atoms with Crippen LogP contribution in [0.1, 0.15) is 43.8 Å². The molecule has 5 heteroatoms. The van der Waals surface area contributed by atoms with Gasteiger partial charge in [0.25, 0.3) is 0 Å². The molecule has 1 unspecified atom stereocenters. The van der Waals surface area contributed by atoms with E-state index in [1.807, 2.05) is 19.2 Å². The Bertz CT molecular complexity index is 434. The summed E-state index contributed by atoms with van der Waals surface area (Å²) in [5, 5.41) is 12.5. The van der Waals surface area contributed by atoms with E-state index in [0.29, 0.717) is 18.8 Å². The number of nitrogens with zero attached hydrogens (tertiary/aromatic N) is 1. The van der Waals surface area contributed by atoms with Gasteiger partial charge in [-0.25, -0.2) is 4.98 Å². The monoisotopic (exact) mass is 283 g/mol. The Morgan fingerprint density at radius 3 is 2.84 bits per heavy atom. The number of thiazole rings is 1. The third kappa shape index (κ3) is 2.82. The van der Waals surface area contributed by atoms with Crippen molar-refractivity contribution in [3.63, 3.8) is 0 Å². The topological polar surface area (TPSA) is 59.4 Å². The zero-order chi connectivity index (χ0) is 13.9. The Morgan fingerprint density at radius 2 is 2.32 bits per heavy atom. The minimum absolute atomic E-state index is 0.543. The molecule has 106 valence electrons. The lowest BCUT2D eigenvalue weighted by atomic mass is 9.80. The molecule has 0 saturated carbocycles. The van der Waals surface area contributed by atoms with Gasteiger partial charge < -0.3 is 9.84 Å². The van der Waals surface area contributed by atoms with Gasteiger partial charge in [-0.05, 0) is 25.2 Å². The van der Waals surface area contributed by atoms with E-state index >= 15 is 0 Å². The van der Waals surface area contributed by atoms with Crippen LogP contribution in [0.3, 0.4) is 0 Å². The molecular weight excluding hydrogens is 262 g/mol. The highest BCUT2D eigenvalue weighted by molar-refractivity contribution is 7.09. The highest BCUT2D eigenvalue weighted by Crippen LogP contribution is 2.33. The van der Waals surface area contributed by atoms with Gasteiger partial charge in [0.1, 0.15) is 5.41 Å². The van der Waals surface area contributed by atoms with E-state index < -0.39 is 11.4 Å². The van der Waals surface area contributed by atoms with Crippen molar-refractivity contribution in [3.05, 3.63) is 16.1 Å². The van der Waals surface area contributed by atoms with Crippen molar-refractivity contribution in [1.82, 2.24) is 4.98 Å². The molecule has 0 aromatic carbocycles. The number of ether oxygens (including phenoxy) is 1. The van der Waals surface area contributed by atoms with Gasteiger partial charge in [0.05, 0.1) is 10.7 Å². The van der Waals surface area contributed by atoms with Crippen LogP contribution in [0, 0.1) is 5.92 Å². The van der Waals surface area contributed by atoms with Gasteiger partial charge in [-0.15, -0.1) is 11.3 Å². The fourth-order valence-corrected chi connectivity index (χ4v) is 3.65. The summed E-state index contributed by atoms with van der Waals surface area (Å²) in [5.41, 5.74) is -0.0927. The summed E-state index contributed by atoms with van der Waals surface area (Å²) in [7, 11) is 0. The third-order valence-corrected chi connectivity index (χ3v) is 5.02. The summed E-state index contributed by atoms with van der Waals surface area (Å²) in [4.78, 5) is 16.2. The minimum Gasteiger partial charge on any atom is -0.481 e. The van der Waals surface area contributed by atoms with Crippen molar-refractivity contribution < 1.29 is 14.6 Å². The average Bonchev–Trinajstić information content (AvgIpc) is 3.04. The Balaban J connectivity index is 2.16. The molecule has 1 N–H and O–H groups in total. The maximum atomic E-state index is 11.6. The fourth-order valence-electron chi connectivity index (χ4n) is 2.64. The number of aromatic nitrogens is 1. The van der Waals surface area contributed by atoms with Crippen LogP contribution in [0.4, 0.5) is 0 Å². The lowest BCUT2D eigenvalue weighted by Gasteiger charge is -2.24. The van der Waals surface area contributed by atoms with Gasteiger partial charge in [0.15, 0.2) is 0 Å². The largest absolute Gasteiger partial charge is 0.481 e. The van der Waals surface area contributed by atoms with Crippen LogP contribution >= 0.6 is 11.3 Å². The van der Waals surface area contributed by atoms with E-state index in [1.165, 1.54) is 0 Å². The standard InChI is InChI=1S/C14H21NO3S/c1-3-14(4-2,13(16)17)11-9-19-12(15-11)7-10-5-6-18-8-10/h9-10H,3-8H2,1-2H3,(H,16,17). The smallest absolute Gasteiger partial charge is 0.315 e. The molecule has 0 bridgehead atoms. The SMILES string of the molecule is CCC(CC)(C(=O)O)c1csc(CC2CCOC2)n1. The molecule has 2 rings (SSSR count). The molecule has 0 spiro atoms. The lowest BCUT2D eigenvalue weighted by Crippen LogP contribution is -2.34. The van der Waals surface area contributed by atoms with Crippen LogP contribution in [-0.2, 0) is 21.4 Å². The molecule has 1 fully saturated rings. The van der Waals surface area contributed by atoms with Gasteiger partial charge in [0, 0.05) is 25.0 Å². The Labute approximate surface area is 117 Å². The molecule has 1 aromatic rings. The molecule has 19 heavy (non-hydrogen) atoms. The zero-order valence-corrected chi connectivity index (χ0v) is 12.3. The Kier molecular flexibility index (Phi) is 4.58. The fraction of sp³-hybridized carbons (Fsp3) is 0.714. The highest BCUT2D eigenvalue weighted by atomic mass is 32.1. The molecule has 1 aliphatic rings. The predicted molar refractivity (Wildman–Crippen MR) is 74.6 cm³/mol. The Hall–Kier alpha value is -0.940. The molecule has 0 amide bonds. The second kappa shape index (κ2) is 6.01. The van der Waals surface area contributed by atoms with Crippen LogP contribution in [0.5, 0.6) is 0 Å². The first-order chi connectivity index (χ1) is 9.12. The van der Waals surface area contributed by atoms with Gasteiger partial charge in [0.2, 0.25) is 0 Å². The van der Waals surface area contributed by atoms with Crippen LogP contribution in [0.15, 0.2) is 5.38 Å². The number of rotatable bonds is 6. The van der Waals surface area contributed by atoms with E-state index in [2.05, 4.69) is 4.98 Å². The van der Waals surface area contributed by atoms with E-state index in [0.717, 1.165) is 36.8 Å². The van der Waals surface area contributed by atoms with Crippen molar-refractivity contribution in [2.24, 2.45) is 5.92 Å². The van der Waals surface area contributed by atoms with Crippen LogP contribution in [-0.4, -0.2) is 29.3 Å². The lowest BCUT2D eigenvalue weighted by molar-refractivity contribution is -0.144. The maximum absolute atomic E-state index is 11.6. The van der Waals surface area contributed by atoms with Crippen molar-refractivity contribution in [1.29, 1.82) is 0 Å². The van der Waals surface area contributed by atoms with Crippen molar-refractivity contribution in [2.45, 2.75) is 44.9 Å². The molecular formula is C14H21NO3S. The molecule has 1 saturated heterocycles. The number of hydrogen-bond donors (Lipinski definition) is 1. The summed E-state index contributed by atoms with van der Waals surface area (Å²) in [6.07, 6.45) is 3.15. The van der Waals surface area contributed by atoms with Gasteiger partial charge in [-0.1, -0.05) is 13.8 Å². The van der Waals surface area contributed by atoms with Crippen LogP contribution in [0.25, 0.3) is 0 Å². The Morgan fingerprint density at radius 1 is 1.58 bits per heavy atom. The highest BCUT2D eigenvalue weighted by Gasteiger charge is 2.39. The number of carboxylic acid groups (broad SMARTS) is 1. The van der Waals surface area contributed by atoms with E-state index in [4.69, 9.17) is 4.74 Å². The van der Waals surface area contributed by atoms with Crippen molar-refractivity contribution in [3.8, 4) is 0 Å². The van der Waals surface area contributed by atoms with E-state index in [9.17, 15) is 9.90 Å². The molecule has 2 heterocycles. The molecule has 1 aliphatic heterocycles. The van der Waals surface area contributed by atoms with Gasteiger partial charge in [-0.3, -0.25) is 4.79 Å². The second-order valence-corrected chi connectivity index (χ2v) is 6.10. The van der Waals surface area contributed by atoms with Gasteiger partial charge in [-0.2, -0.15) is 0 Å². The number of carboxylic acids is 1. The summed E-state index contributed by atoms with van der Waals surface area (Å²) >= 11 is 1.58. The first kappa shape index (κ1) is 14.5. The summed E-state index contributed by atoms with van der Waals surface area (Å²) < 4.78 is 5.37. The number of carbonyl (C=O) groups is 1. The normalized spacial score (nSPS) is 19.8. The van der Waals surface area contributed by atoms with E-state index in [1.54, 1.807) is 11.3 Å². The quantitative estimate of drug-likeness (QED) is 0.872. The van der Waals surface area contributed by atoms with Crippen LogP contribution in [0.2, 0.25) is 0 Å². The molecule has 0 radical (unpaired) electrons. The summed E-state index contributed by atoms with van der Waals surface area (Å²) in [6.45, 7) is 5.48. The summed E-state index contributed by atoms with van der Waals surface area (Å²) in [6, 6.07) is 0. The minimum atomic E-state index is -0.819. The van der Waals surface area contributed by atoms with Crippen molar-refractivity contribution >= 4 is 17.3 Å². The molecule has 1 aromatic heterocycles. The zero-order valence-electron chi connectivity index (χ0n) is 11.5. The number of aliphatic carboxylic acids is 1. The van der Waals surface area contributed by atoms with E-state index in [-0.39, 0.29) is 0 Å². The average molecular weight is 283 g/mol.